The fourth-order valence-electron chi connectivity index (χ4n) is 2.76. The van der Waals surface area contributed by atoms with E-state index in [-0.39, 0.29) is 10.5 Å². The molecule has 0 spiro atoms. The van der Waals surface area contributed by atoms with Gasteiger partial charge in [-0.05, 0) is 55.3 Å². The summed E-state index contributed by atoms with van der Waals surface area (Å²) in [5, 5.41) is 0. The van der Waals surface area contributed by atoms with Crippen LogP contribution in [0.3, 0.4) is 0 Å². The van der Waals surface area contributed by atoms with Gasteiger partial charge in [-0.25, -0.2) is 30.4 Å². The minimum Gasteiger partial charge on any atom is -0.293 e. The van der Waals surface area contributed by atoms with E-state index in [0.717, 1.165) is 35.4 Å². The largest absolute Gasteiger partial charge is 0.293 e. The molecule has 0 saturated carbocycles. The van der Waals surface area contributed by atoms with Crippen molar-refractivity contribution in [3.05, 3.63) is 88.2 Å². The fourth-order valence-corrected chi connectivity index (χ4v) is 3.88. The third-order valence-corrected chi connectivity index (χ3v) is 6.17. The zero-order valence-corrected chi connectivity index (χ0v) is 17.9. The maximum atomic E-state index is 13.7. The first-order valence-electron chi connectivity index (χ1n) is 9.21. The van der Waals surface area contributed by atoms with E-state index in [2.05, 4.69) is 4.72 Å². The molecule has 0 aliphatic heterocycles. The molecule has 174 valence electrons. The normalized spacial score (nSPS) is 11.2. The predicted octanol–water partition coefficient (Wildman–Crippen LogP) is 4.56. The number of benzene rings is 3. The van der Waals surface area contributed by atoms with Crippen molar-refractivity contribution in [2.75, 3.05) is 10.1 Å². The monoisotopic (exact) mass is 485 g/mol. The molecule has 0 fully saturated rings. The zero-order chi connectivity index (χ0) is 24.5. The molecule has 0 saturated heterocycles. The number of nitrogens with one attached hydrogen (secondary N) is 3. The van der Waals surface area contributed by atoms with Gasteiger partial charge in [0.2, 0.25) is 5.82 Å². The fraction of sp³-hybridized carbons (Fsp3) is 0.0952. The number of carbonyl (C=O) groups excluding carboxylic acids is 1. The zero-order valence-electron chi connectivity index (χ0n) is 17.1. The van der Waals surface area contributed by atoms with Gasteiger partial charge >= 0.3 is 0 Å². The summed E-state index contributed by atoms with van der Waals surface area (Å²) in [7, 11) is -3.99. The first-order chi connectivity index (χ1) is 15.4. The van der Waals surface area contributed by atoms with Gasteiger partial charge in [-0.15, -0.1) is 0 Å². The molecule has 3 N–H and O–H groups in total. The first kappa shape index (κ1) is 24.0. The van der Waals surface area contributed by atoms with Crippen LogP contribution in [0.2, 0.25) is 0 Å². The van der Waals surface area contributed by atoms with E-state index in [1.807, 2.05) is 13.0 Å². The molecule has 0 aliphatic carbocycles. The quantitative estimate of drug-likeness (QED) is 0.207. The smallest absolute Gasteiger partial charge is 0.269 e. The Kier molecular flexibility index (Phi) is 6.58. The summed E-state index contributed by atoms with van der Waals surface area (Å²) < 4.78 is 94.5. The van der Waals surface area contributed by atoms with Crippen LogP contribution < -0.4 is 15.6 Å². The number of hydrogen-bond acceptors (Lipinski definition) is 4. The van der Waals surface area contributed by atoms with Crippen LogP contribution in [0.4, 0.5) is 33.3 Å². The molecule has 0 aromatic heterocycles. The summed E-state index contributed by atoms with van der Waals surface area (Å²) in [6.07, 6.45) is 0. The van der Waals surface area contributed by atoms with Gasteiger partial charge in [-0.1, -0.05) is 12.1 Å². The SMILES string of the molecule is Cc1cccc(NS(=O)(=O)c2ccc(C(=O)NNc3c(F)c(F)c(F)c(F)c3F)cc2)c1C. The molecule has 0 bridgehead atoms. The van der Waals surface area contributed by atoms with Crippen molar-refractivity contribution >= 4 is 27.3 Å². The van der Waals surface area contributed by atoms with E-state index in [1.54, 1.807) is 29.9 Å². The first-order valence-corrected chi connectivity index (χ1v) is 10.7. The molecule has 0 atom stereocenters. The highest BCUT2D eigenvalue weighted by atomic mass is 32.2. The summed E-state index contributed by atoms with van der Waals surface area (Å²) in [6, 6.07) is 9.53. The lowest BCUT2D eigenvalue weighted by atomic mass is 10.1. The van der Waals surface area contributed by atoms with Gasteiger partial charge in [-0.2, -0.15) is 0 Å². The summed E-state index contributed by atoms with van der Waals surface area (Å²) >= 11 is 0. The van der Waals surface area contributed by atoms with E-state index in [4.69, 9.17) is 0 Å². The number of aryl methyl sites for hydroxylation is 1. The molecule has 12 heteroatoms. The Labute approximate surface area is 185 Å². The van der Waals surface area contributed by atoms with Crippen LogP contribution in [0.5, 0.6) is 0 Å². The molecular formula is C21H16F5N3O3S. The molecule has 0 unspecified atom stereocenters. The van der Waals surface area contributed by atoms with Crippen molar-refractivity contribution in [1.82, 2.24) is 5.43 Å². The molecule has 3 aromatic rings. The highest BCUT2D eigenvalue weighted by molar-refractivity contribution is 7.92. The van der Waals surface area contributed by atoms with Crippen LogP contribution in [0.15, 0.2) is 47.4 Å². The summed E-state index contributed by atoms with van der Waals surface area (Å²) in [4.78, 5) is 12.0. The van der Waals surface area contributed by atoms with Crippen molar-refractivity contribution in [1.29, 1.82) is 0 Å². The van der Waals surface area contributed by atoms with Crippen molar-refractivity contribution in [2.24, 2.45) is 0 Å². The van der Waals surface area contributed by atoms with E-state index >= 15 is 0 Å². The third kappa shape index (κ3) is 4.75. The molecule has 1 amide bonds. The van der Waals surface area contributed by atoms with Crippen LogP contribution in [-0.4, -0.2) is 14.3 Å². The number of halogens is 5. The van der Waals surface area contributed by atoms with Gasteiger partial charge in [0.1, 0.15) is 5.69 Å². The van der Waals surface area contributed by atoms with Crippen molar-refractivity contribution < 1.29 is 35.2 Å². The lowest BCUT2D eigenvalue weighted by Gasteiger charge is -2.13. The Morgan fingerprint density at radius 3 is 1.91 bits per heavy atom. The summed E-state index contributed by atoms with van der Waals surface area (Å²) in [5.41, 5.74) is 3.83. The van der Waals surface area contributed by atoms with Gasteiger partial charge < -0.3 is 0 Å². The Morgan fingerprint density at radius 2 is 1.33 bits per heavy atom. The lowest BCUT2D eigenvalue weighted by molar-refractivity contribution is 0.0962. The van der Waals surface area contributed by atoms with Crippen LogP contribution >= 0.6 is 0 Å². The summed E-state index contributed by atoms with van der Waals surface area (Å²) in [5.74, 6) is -12.1. The van der Waals surface area contributed by atoms with Crippen LogP contribution in [0.1, 0.15) is 21.5 Å². The molecule has 0 aliphatic rings. The second-order valence-corrected chi connectivity index (χ2v) is 8.58. The van der Waals surface area contributed by atoms with Gasteiger partial charge in [0.05, 0.1) is 10.6 Å². The number of carbonyl (C=O) groups is 1. The molecule has 3 aromatic carbocycles. The topological polar surface area (TPSA) is 87.3 Å². The minimum atomic E-state index is -3.99. The minimum absolute atomic E-state index is 0.156. The van der Waals surface area contributed by atoms with Gasteiger partial charge in [-0.3, -0.25) is 20.4 Å². The van der Waals surface area contributed by atoms with Crippen LogP contribution in [0, 0.1) is 42.9 Å². The van der Waals surface area contributed by atoms with E-state index in [0.29, 0.717) is 5.69 Å². The second kappa shape index (κ2) is 9.06. The maximum absolute atomic E-state index is 13.7. The summed E-state index contributed by atoms with van der Waals surface area (Å²) in [6.45, 7) is 3.57. The number of hydrogen-bond donors (Lipinski definition) is 3. The average Bonchev–Trinajstić information content (AvgIpc) is 2.79. The molecule has 0 radical (unpaired) electrons. The number of rotatable bonds is 6. The van der Waals surface area contributed by atoms with Crippen LogP contribution in [0.25, 0.3) is 0 Å². The maximum Gasteiger partial charge on any atom is 0.269 e. The Morgan fingerprint density at radius 1 is 0.788 bits per heavy atom. The van der Waals surface area contributed by atoms with E-state index in [1.165, 1.54) is 0 Å². The van der Waals surface area contributed by atoms with Crippen molar-refractivity contribution in [3.8, 4) is 0 Å². The predicted molar refractivity (Wildman–Crippen MR) is 110 cm³/mol. The Bertz CT molecular complexity index is 1320. The Balaban J connectivity index is 1.75. The van der Waals surface area contributed by atoms with Crippen molar-refractivity contribution in [2.45, 2.75) is 18.7 Å². The van der Waals surface area contributed by atoms with Gasteiger partial charge in [0.25, 0.3) is 15.9 Å². The number of amides is 1. The Hall–Kier alpha value is -3.67. The highest BCUT2D eigenvalue weighted by Gasteiger charge is 2.26. The molecule has 33 heavy (non-hydrogen) atoms. The van der Waals surface area contributed by atoms with E-state index in [9.17, 15) is 35.2 Å². The molecular weight excluding hydrogens is 469 g/mol. The molecule has 3 rings (SSSR count). The average molecular weight is 485 g/mol. The standard InChI is InChI=1S/C21H16F5N3O3S/c1-10-4-3-5-14(11(10)2)29-33(31,32)13-8-6-12(7-9-13)21(30)28-27-20-18(25)16(23)15(22)17(24)19(20)26/h3-9,27,29H,1-2H3,(H,28,30). The van der Waals surface area contributed by atoms with E-state index < -0.39 is 50.7 Å². The number of sulfonamides is 1. The van der Waals surface area contributed by atoms with Crippen LogP contribution in [-0.2, 0) is 10.0 Å². The van der Waals surface area contributed by atoms with Gasteiger partial charge in [0.15, 0.2) is 23.3 Å². The highest BCUT2D eigenvalue weighted by Crippen LogP contribution is 2.27. The van der Waals surface area contributed by atoms with Gasteiger partial charge in [0, 0.05) is 5.56 Å². The molecule has 6 nitrogen and oxygen atoms in total. The van der Waals surface area contributed by atoms with Crippen molar-refractivity contribution in [3.63, 3.8) is 0 Å². The number of anilines is 2. The number of hydrazine groups is 1. The lowest BCUT2D eigenvalue weighted by Crippen LogP contribution is -2.31. The third-order valence-electron chi connectivity index (χ3n) is 4.79. The molecule has 0 heterocycles. The second-order valence-electron chi connectivity index (χ2n) is 6.90.